The third kappa shape index (κ3) is 2.40. The van der Waals surface area contributed by atoms with Crippen LogP contribution in [0.1, 0.15) is 19.6 Å². The first-order valence-corrected chi connectivity index (χ1v) is 5.81. The molecule has 2 heterocycles. The van der Waals surface area contributed by atoms with Crippen molar-refractivity contribution in [2.24, 2.45) is 0 Å². The quantitative estimate of drug-likeness (QED) is 0.483. The maximum absolute atomic E-state index is 11.6. The molecule has 1 aliphatic heterocycles. The molecule has 0 bridgehead atoms. The van der Waals surface area contributed by atoms with Crippen LogP contribution in [-0.4, -0.2) is 17.7 Å². The number of halogens is 1. The molecule has 2 N–H and O–H groups in total. The van der Waals surface area contributed by atoms with E-state index < -0.39 is 17.7 Å². The van der Waals surface area contributed by atoms with Gasteiger partial charge < -0.3 is 19.6 Å². The Morgan fingerprint density at radius 2 is 1.83 bits per heavy atom. The summed E-state index contributed by atoms with van der Waals surface area (Å²) in [6, 6.07) is 1.47. The van der Waals surface area contributed by atoms with Crippen molar-refractivity contribution in [3.8, 4) is 0 Å². The number of rotatable bonds is 1. The summed E-state index contributed by atoms with van der Waals surface area (Å²) in [6.07, 6.45) is 1.22. The van der Waals surface area contributed by atoms with Gasteiger partial charge >= 0.3 is 11.9 Å². The summed E-state index contributed by atoms with van der Waals surface area (Å²) < 4.78 is 15.4. The van der Waals surface area contributed by atoms with E-state index in [0.29, 0.717) is 10.4 Å². The van der Waals surface area contributed by atoms with Crippen LogP contribution >= 0.6 is 15.9 Å². The van der Waals surface area contributed by atoms with Crippen LogP contribution in [0.5, 0.6) is 0 Å². The van der Waals surface area contributed by atoms with E-state index in [1.807, 2.05) is 0 Å². The second kappa shape index (κ2) is 4.16. The third-order valence-electron chi connectivity index (χ3n) is 2.14. The highest BCUT2D eigenvalue weighted by Gasteiger charge is 2.39. The maximum atomic E-state index is 11.6. The van der Waals surface area contributed by atoms with Gasteiger partial charge in [-0.2, -0.15) is 0 Å². The Morgan fingerprint density at radius 3 is 2.28 bits per heavy atom. The fourth-order valence-corrected chi connectivity index (χ4v) is 1.70. The van der Waals surface area contributed by atoms with Gasteiger partial charge in [0.15, 0.2) is 4.67 Å². The third-order valence-corrected chi connectivity index (χ3v) is 2.76. The lowest BCUT2D eigenvalue weighted by molar-refractivity contribution is -0.222. The van der Waals surface area contributed by atoms with Gasteiger partial charge in [0.25, 0.3) is 5.79 Å². The molecule has 0 radical (unpaired) electrons. The molecule has 0 amide bonds. The van der Waals surface area contributed by atoms with Gasteiger partial charge in [-0.15, -0.1) is 0 Å². The average Bonchev–Trinajstić information content (AvgIpc) is 2.51. The highest BCUT2D eigenvalue weighted by molar-refractivity contribution is 9.10. The van der Waals surface area contributed by atoms with Crippen molar-refractivity contribution in [2.75, 3.05) is 5.73 Å². The van der Waals surface area contributed by atoms with Gasteiger partial charge in [-0.25, -0.2) is 9.59 Å². The van der Waals surface area contributed by atoms with E-state index in [9.17, 15) is 9.59 Å². The smallest absolute Gasteiger partial charge is 0.348 e. The number of ether oxygens (including phenoxy) is 2. The largest absolute Gasteiger partial charge is 0.448 e. The van der Waals surface area contributed by atoms with E-state index in [1.54, 1.807) is 0 Å². The number of nitrogens with two attached hydrogens (primary N) is 1. The molecule has 7 heteroatoms. The van der Waals surface area contributed by atoms with Crippen molar-refractivity contribution in [1.29, 1.82) is 0 Å². The molecule has 0 unspecified atom stereocenters. The van der Waals surface area contributed by atoms with Crippen LogP contribution in [0.4, 0.5) is 5.69 Å². The van der Waals surface area contributed by atoms with Gasteiger partial charge in [0.1, 0.15) is 11.3 Å². The zero-order chi connectivity index (χ0) is 13.5. The predicted octanol–water partition coefficient (Wildman–Crippen LogP) is 1.84. The molecule has 1 fully saturated rings. The Bertz CT molecular complexity index is 516. The lowest BCUT2D eigenvalue weighted by atomic mass is 10.2. The fourth-order valence-electron chi connectivity index (χ4n) is 1.39. The Labute approximate surface area is 111 Å². The average molecular weight is 316 g/mol. The Kier molecular flexibility index (Phi) is 2.94. The van der Waals surface area contributed by atoms with Crippen molar-refractivity contribution in [1.82, 2.24) is 0 Å². The van der Waals surface area contributed by atoms with Gasteiger partial charge in [0, 0.05) is 26.0 Å². The van der Waals surface area contributed by atoms with Gasteiger partial charge in [-0.1, -0.05) is 0 Å². The van der Waals surface area contributed by atoms with Crippen molar-refractivity contribution >= 4 is 39.6 Å². The van der Waals surface area contributed by atoms with Crippen molar-refractivity contribution in [3.63, 3.8) is 0 Å². The number of carbonyl (C=O) groups excluding carboxylic acids is 2. The summed E-state index contributed by atoms with van der Waals surface area (Å²) in [5.41, 5.74) is 5.68. The summed E-state index contributed by atoms with van der Waals surface area (Å²) in [4.78, 5) is 23.3. The molecule has 96 valence electrons. The van der Waals surface area contributed by atoms with Crippen LogP contribution in [-0.2, 0) is 19.1 Å². The lowest BCUT2D eigenvalue weighted by Gasteiger charge is -2.29. The van der Waals surface area contributed by atoms with Crippen LogP contribution in [0.3, 0.4) is 0 Å². The van der Waals surface area contributed by atoms with Crippen LogP contribution in [0.25, 0.3) is 6.08 Å². The number of hydrogen-bond acceptors (Lipinski definition) is 6. The molecule has 0 aliphatic carbocycles. The van der Waals surface area contributed by atoms with Crippen LogP contribution in [0.2, 0.25) is 0 Å². The topological polar surface area (TPSA) is 91.8 Å². The number of cyclic esters (lactones) is 2. The molecule has 6 nitrogen and oxygen atoms in total. The van der Waals surface area contributed by atoms with Gasteiger partial charge in [-0.3, -0.25) is 0 Å². The second-order valence-electron chi connectivity index (χ2n) is 4.11. The molecule has 1 saturated heterocycles. The SMILES string of the molecule is CC1(C)OC(=O)C(=Cc2cc(N)c(Br)o2)C(=O)O1. The monoisotopic (exact) mass is 315 g/mol. The molecule has 0 atom stereocenters. The molecule has 0 saturated carbocycles. The summed E-state index contributed by atoms with van der Waals surface area (Å²) in [6.45, 7) is 2.95. The summed E-state index contributed by atoms with van der Waals surface area (Å²) in [7, 11) is 0. The van der Waals surface area contributed by atoms with Crippen molar-refractivity contribution in [2.45, 2.75) is 19.6 Å². The number of nitrogen functional groups attached to an aromatic ring is 1. The highest BCUT2D eigenvalue weighted by Crippen LogP contribution is 2.28. The van der Waals surface area contributed by atoms with E-state index in [1.165, 1.54) is 26.0 Å². The first-order valence-electron chi connectivity index (χ1n) is 5.02. The Morgan fingerprint density at radius 1 is 1.28 bits per heavy atom. The van der Waals surface area contributed by atoms with Gasteiger partial charge in [0.2, 0.25) is 0 Å². The molecule has 18 heavy (non-hydrogen) atoms. The van der Waals surface area contributed by atoms with Crippen molar-refractivity contribution in [3.05, 3.63) is 22.1 Å². The zero-order valence-electron chi connectivity index (χ0n) is 9.65. The number of furan rings is 1. The molecule has 1 aromatic heterocycles. The molecular formula is C11H10BrNO5. The molecule has 1 aliphatic rings. The molecule has 0 aromatic carbocycles. The Balaban J connectivity index is 2.33. The molecule has 0 spiro atoms. The second-order valence-corrected chi connectivity index (χ2v) is 4.83. The summed E-state index contributed by atoms with van der Waals surface area (Å²) in [5.74, 6) is -2.53. The zero-order valence-corrected chi connectivity index (χ0v) is 11.2. The van der Waals surface area contributed by atoms with E-state index in [0.717, 1.165) is 0 Å². The number of hydrogen-bond donors (Lipinski definition) is 1. The number of esters is 2. The van der Waals surface area contributed by atoms with Crippen molar-refractivity contribution < 1.29 is 23.5 Å². The predicted molar refractivity (Wildman–Crippen MR) is 65.1 cm³/mol. The minimum atomic E-state index is -1.26. The van der Waals surface area contributed by atoms with Crippen LogP contribution in [0, 0.1) is 0 Å². The van der Waals surface area contributed by atoms with Crippen LogP contribution < -0.4 is 5.73 Å². The minimum absolute atomic E-state index is 0.240. The van der Waals surface area contributed by atoms with Gasteiger partial charge in [0.05, 0.1) is 5.69 Å². The maximum Gasteiger partial charge on any atom is 0.348 e. The van der Waals surface area contributed by atoms with E-state index in [4.69, 9.17) is 19.6 Å². The first-order chi connectivity index (χ1) is 8.28. The highest BCUT2D eigenvalue weighted by atomic mass is 79.9. The first kappa shape index (κ1) is 12.7. The van der Waals surface area contributed by atoms with E-state index in [2.05, 4.69) is 15.9 Å². The standard InChI is InChI=1S/C11H10BrNO5/c1-11(2)17-9(14)6(10(15)18-11)3-5-4-7(13)8(12)16-5/h3-4H,13H2,1-2H3. The minimum Gasteiger partial charge on any atom is -0.448 e. The van der Waals surface area contributed by atoms with E-state index >= 15 is 0 Å². The summed E-state index contributed by atoms with van der Waals surface area (Å²) >= 11 is 3.08. The molecule has 1 aromatic rings. The normalized spacial score (nSPS) is 18.3. The number of anilines is 1. The fraction of sp³-hybridized carbons (Fsp3) is 0.273. The Hall–Kier alpha value is -1.76. The molecule has 2 rings (SSSR count). The van der Waals surface area contributed by atoms with E-state index in [-0.39, 0.29) is 11.3 Å². The summed E-state index contributed by atoms with van der Waals surface area (Å²) in [5, 5.41) is 0. The van der Waals surface area contributed by atoms with Crippen LogP contribution in [0.15, 0.2) is 20.7 Å². The number of carbonyl (C=O) groups is 2. The molecular weight excluding hydrogens is 306 g/mol. The van der Waals surface area contributed by atoms with Gasteiger partial charge in [-0.05, 0) is 15.9 Å². The lowest BCUT2D eigenvalue weighted by Crippen LogP contribution is -2.41.